The van der Waals surface area contributed by atoms with Gasteiger partial charge in [-0.3, -0.25) is 4.79 Å². The van der Waals surface area contributed by atoms with Gasteiger partial charge in [-0.1, -0.05) is 12.1 Å². The molecule has 1 aromatic rings. The molecular formula is C12H11FO. The molecule has 0 aliphatic heterocycles. The standard InChI is InChI=1S/C12H11FO/c13-11-5-1-3-9(8-11)7-10-4-2-6-12(10)14/h1,3,5,7-8H,2,4,6H2. The highest BCUT2D eigenvalue weighted by atomic mass is 19.1. The zero-order valence-corrected chi connectivity index (χ0v) is 7.79. The Balaban J connectivity index is 2.28. The van der Waals surface area contributed by atoms with Crippen molar-refractivity contribution in [2.24, 2.45) is 0 Å². The minimum Gasteiger partial charge on any atom is -0.295 e. The fourth-order valence-corrected chi connectivity index (χ4v) is 1.69. The second-order valence-electron chi connectivity index (χ2n) is 3.50. The number of carbonyl (C=O) groups is 1. The summed E-state index contributed by atoms with van der Waals surface area (Å²) in [7, 11) is 0. The first-order valence-electron chi connectivity index (χ1n) is 4.75. The smallest absolute Gasteiger partial charge is 0.158 e. The fraction of sp³-hybridized carbons (Fsp3) is 0.250. The Bertz CT molecular complexity index is 393. The topological polar surface area (TPSA) is 17.1 Å². The lowest BCUT2D eigenvalue weighted by molar-refractivity contribution is -0.114. The van der Waals surface area contributed by atoms with Crippen molar-refractivity contribution in [2.75, 3.05) is 0 Å². The quantitative estimate of drug-likeness (QED) is 0.622. The van der Waals surface area contributed by atoms with Crippen molar-refractivity contribution in [2.45, 2.75) is 19.3 Å². The molecular weight excluding hydrogens is 179 g/mol. The summed E-state index contributed by atoms with van der Waals surface area (Å²) in [6.45, 7) is 0. The maximum absolute atomic E-state index is 12.8. The molecule has 0 bridgehead atoms. The van der Waals surface area contributed by atoms with Crippen molar-refractivity contribution in [3.8, 4) is 0 Å². The molecule has 0 amide bonds. The SMILES string of the molecule is O=C1CCCC1=Cc1cccc(F)c1. The first-order valence-corrected chi connectivity index (χ1v) is 4.75. The van der Waals surface area contributed by atoms with E-state index in [2.05, 4.69) is 0 Å². The molecule has 72 valence electrons. The Morgan fingerprint density at radius 1 is 1.29 bits per heavy atom. The summed E-state index contributed by atoms with van der Waals surface area (Å²) in [6.07, 6.45) is 4.19. The van der Waals surface area contributed by atoms with Crippen molar-refractivity contribution in [1.29, 1.82) is 0 Å². The van der Waals surface area contributed by atoms with Crippen LogP contribution in [0.5, 0.6) is 0 Å². The Morgan fingerprint density at radius 2 is 2.14 bits per heavy atom. The third-order valence-corrected chi connectivity index (χ3v) is 2.40. The number of allylic oxidation sites excluding steroid dienone is 1. The maximum Gasteiger partial charge on any atom is 0.158 e. The molecule has 0 unspecified atom stereocenters. The van der Waals surface area contributed by atoms with Crippen LogP contribution in [0.15, 0.2) is 29.8 Å². The minimum absolute atomic E-state index is 0.203. The molecule has 0 heterocycles. The van der Waals surface area contributed by atoms with Gasteiger partial charge >= 0.3 is 0 Å². The first-order chi connectivity index (χ1) is 6.75. The van der Waals surface area contributed by atoms with Gasteiger partial charge < -0.3 is 0 Å². The Kier molecular flexibility index (Phi) is 2.44. The molecule has 1 nitrogen and oxygen atoms in total. The third-order valence-electron chi connectivity index (χ3n) is 2.40. The summed E-state index contributed by atoms with van der Waals surface area (Å²) in [5.41, 5.74) is 1.60. The lowest BCUT2D eigenvalue weighted by atomic mass is 10.1. The molecule has 0 radical (unpaired) electrons. The van der Waals surface area contributed by atoms with Crippen LogP contribution in [0.2, 0.25) is 0 Å². The number of halogens is 1. The van der Waals surface area contributed by atoms with E-state index in [0.29, 0.717) is 6.42 Å². The number of rotatable bonds is 1. The van der Waals surface area contributed by atoms with Crippen LogP contribution in [-0.4, -0.2) is 5.78 Å². The summed E-state index contributed by atoms with van der Waals surface area (Å²) in [4.78, 5) is 11.3. The molecule has 1 fully saturated rings. The van der Waals surface area contributed by atoms with E-state index >= 15 is 0 Å². The molecule has 0 spiro atoms. The van der Waals surface area contributed by atoms with E-state index in [1.807, 2.05) is 6.07 Å². The van der Waals surface area contributed by atoms with Gasteiger partial charge in [0.25, 0.3) is 0 Å². The average Bonchev–Trinajstić information content (AvgIpc) is 2.52. The van der Waals surface area contributed by atoms with Gasteiger partial charge in [0.2, 0.25) is 0 Å². The number of hydrogen-bond donors (Lipinski definition) is 0. The number of carbonyl (C=O) groups excluding carboxylic acids is 1. The van der Waals surface area contributed by atoms with E-state index in [1.54, 1.807) is 12.1 Å². The summed E-state index contributed by atoms with van der Waals surface area (Å²) in [6, 6.07) is 6.31. The van der Waals surface area contributed by atoms with Crippen LogP contribution in [0.4, 0.5) is 4.39 Å². The van der Waals surface area contributed by atoms with E-state index in [1.165, 1.54) is 12.1 Å². The second kappa shape index (κ2) is 3.74. The zero-order valence-electron chi connectivity index (χ0n) is 7.79. The van der Waals surface area contributed by atoms with Gasteiger partial charge in [0.05, 0.1) is 0 Å². The highest BCUT2D eigenvalue weighted by Gasteiger charge is 2.16. The van der Waals surface area contributed by atoms with Crippen LogP contribution in [0.25, 0.3) is 6.08 Å². The molecule has 1 aromatic carbocycles. The lowest BCUT2D eigenvalue weighted by Crippen LogP contribution is -1.90. The largest absolute Gasteiger partial charge is 0.295 e. The molecule has 1 saturated carbocycles. The van der Waals surface area contributed by atoms with E-state index in [4.69, 9.17) is 0 Å². The highest BCUT2D eigenvalue weighted by molar-refractivity contribution is 6.01. The number of hydrogen-bond acceptors (Lipinski definition) is 1. The molecule has 0 atom stereocenters. The van der Waals surface area contributed by atoms with Crippen molar-refractivity contribution < 1.29 is 9.18 Å². The summed E-state index contributed by atoms with van der Waals surface area (Å²) >= 11 is 0. The van der Waals surface area contributed by atoms with Crippen LogP contribution >= 0.6 is 0 Å². The van der Waals surface area contributed by atoms with Crippen LogP contribution in [-0.2, 0) is 4.79 Å². The third kappa shape index (κ3) is 1.90. The van der Waals surface area contributed by atoms with Gasteiger partial charge in [-0.25, -0.2) is 4.39 Å². The monoisotopic (exact) mass is 190 g/mol. The fourth-order valence-electron chi connectivity index (χ4n) is 1.69. The van der Waals surface area contributed by atoms with Crippen LogP contribution in [0.1, 0.15) is 24.8 Å². The number of Topliss-reactive ketones (excluding diaryl/α,β-unsaturated/α-hetero) is 1. The second-order valence-corrected chi connectivity index (χ2v) is 3.50. The van der Waals surface area contributed by atoms with Crippen LogP contribution in [0, 0.1) is 5.82 Å². The van der Waals surface area contributed by atoms with E-state index in [-0.39, 0.29) is 11.6 Å². The molecule has 2 rings (SSSR count). The molecule has 14 heavy (non-hydrogen) atoms. The molecule has 2 heteroatoms. The Hall–Kier alpha value is -1.44. The first kappa shape index (κ1) is 9.13. The van der Waals surface area contributed by atoms with Crippen molar-refractivity contribution in [3.63, 3.8) is 0 Å². The van der Waals surface area contributed by atoms with Crippen molar-refractivity contribution in [3.05, 3.63) is 41.2 Å². The zero-order chi connectivity index (χ0) is 9.97. The molecule has 1 aliphatic rings. The molecule has 0 N–H and O–H groups in total. The molecule has 1 aliphatic carbocycles. The van der Waals surface area contributed by atoms with E-state index < -0.39 is 0 Å². The van der Waals surface area contributed by atoms with Gasteiger partial charge in [0, 0.05) is 6.42 Å². The Labute approximate surface area is 82.3 Å². The summed E-state index contributed by atoms with van der Waals surface area (Å²) in [5, 5.41) is 0. The van der Waals surface area contributed by atoms with Gasteiger partial charge in [-0.2, -0.15) is 0 Å². The predicted octanol–water partition coefficient (Wildman–Crippen LogP) is 2.96. The van der Waals surface area contributed by atoms with Gasteiger partial charge in [0.1, 0.15) is 5.82 Å². The van der Waals surface area contributed by atoms with Crippen LogP contribution < -0.4 is 0 Å². The van der Waals surface area contributed by atoms with E-state index in [0.717, 1.165) is 24.0 Å². The highest BCUT2D eigenvalue weighted by Crippen LogP contribution is 2.22. The normalized spacial score (nSPS) is 19.2. The van der Waals surface area contributed by atoms with Crippen molar-refractivity contribution >= 4 is 11.9 Å². The number of ketones is 1. The van der Waals surface area contributed by atoms with Gasteiger partial charge in [-0.05, 0) is 42.2 Å². The van der Waals surface area contributed by atoms with Gasteiger partial charge in [-0.15, -0.1) is 0 Å². The average molecular weight is 190 g/mol. The maximum atomic E-state index is 12.8. The van der Waals surface area contributed by atoms with E-state index in [9.17, 15) is 9.18 Å². The van der Waals surface area contributed by atoms with Crippen LogP contribution in [0.3, 0.4) is 0 Å². The number of benzene rings is 1. The summed E-state index contributed by atoms with van der Waals surface area (Å²) < 4.78 is 12.8. The Morgan fingerprint density at radius 3 is 2.79 bits per heavy atom. The van der Waals surface area contributed by atoms with Gasteiger partial charge in [0.15, 0.2) is 5.78 Å². The molecule has 0 saturated heterocycles. The molecule has 0 aromatic heterocycles. The van der Waals surface area contributed by atoms with Crippen molar-refractivity contribution in [1.82, 2.24) is 0 Å². The minimum atomic E-state index is -0.259. The predicted molar refractivity (Wildman–Crippen MR) is 53.2 cm³/mol. The lowest BCUT2D eigenvalue weighted by Gasteiger charge is -1.96. The summed E-state index contributed by atoms with van der Waals surface area (Å²) in [5.74, 6) is -0.0564.